The van der Waals surface area contributed by atoms with Gasteiger partial charge in [-0.15, -0.1) is 0 Å². The van der Waals surface area contributed by atoms with Crippen molar-refractivity contribution in [1.29, 1.82) is 0 Å². The molecule has 3 N–H and O–H groups in total. The molecule has 6 nitrogen and oxygen atoms in total. The maximum absolute atomic E-state index is 12.3. The van der Waals surface area contributed by atoms with Crippen molar-refractivity contribution in [3.8, 4) is 0 Å². The zero-order chi connectivity index (χ0) is 17.1. The second-order valence-corrected chi connectivity index (χ2v) is 5.67. The number of aromatic amines is 1. The number of carbonyl (C=O) groups is 2. The molecule has 3 aromatic rings. The molecule has 0 saturated heterocycles. The topological polar surface area (TPSA) is 78.9 Å². The number of H-pyrrole nitrogens is 1. The van der Waals surface area contributed by atoms with Crippen LogP contribution in [0.25, 0.3) is 10.9 Å². The quantitative estimate of drug-likeness (QED) is 0.639. The highest BCUT2D eigenvalue weighted by molar-refractivity contribution is 7.71. The lowest BCUT2D eigenvalue weighted by atomic mass is 10.2. The summed E-state index contributed by atoms with van der Waals surface area (Å²) in [5.41, 5.74) is 1.92. The normalized spacial score (nSPS) is 10.5. The van der Waals surface area contributed by atoms with Gasteiger partial charge in [0.15, 0.2) is 0 Å². The minimum absolute atomic E-state index is 0.0856. The highest BCUT2D eigenvalue weighted by atomic mass is 32.1. The van der Waals surface area contributed by atoms with Gasteiger partial charge in [-0.05, 0) is 35.7 Å². The van der Waals surface area contributed by atoms with Crippen LogP contribution in [0.15, 0.2) is 48.8 Å². The number of pyridine rings is 1. The molecule has 0 unspecified atom stereocenters. The minimum atomic E-state index is -0.277. The molecule has 0 fully saturated rings. The minimum Gasteiger partial charge on any atom is -0.358 e. The van der Waals surface area contributed by atoms with E-state index in [9.17, 15) is 9.59 Å². The van der Waals surface area contributed by atoms with Gasteiger partial charge in [0.2, 0.25) is 5.91 Å². The van der Waals surface area contributed by atoms with Crippen molar-refractivity contribution in [2.75, 3.05) is 12.4 Å². The van der Waals surface area contributed by atoms with Crippen LogP contribution in [0.3, 0.4) is 0 Å². The smallest absolute Gasteiger partial charge is 0.258 e. The van der Waals surface area contributed by atoms with Crippen LogP contribution in [0.1, 0.15) is 10.4 Å². The summed E-state index contributed by atoms with van der Waals surface area (Å²) >= 11 is 5.12. The van der Waals surface area contributed by atoms with Crippen LogP contribution in [0.2, 0.25) is 0 Å². The number of benzene rings is 1. The van der Waals surface area contributed by atoms with Gasteiger partial charge in [0.25, 0.3) is 5.91 Å². The van der Waals surface area contributed by atoms with Crippen LogP contribution < -0.4 is 10.6 Å². The van der Waals surface area contributed by atoms with Crippen molar-refractivity contribution in [1.82, 2.24) is 14.9 Å². The third-order valence-corrected chi connectivity index (χ3v) is 4.03. The van der Waals surface area contributed by atoms with E-state index in [2.05, 4.69) is 15.6 Å². The van der Waals surface area contributed by atoms with Crippen LogP contribution >= 0.6 is 12.2 Å². The van der Waals surface area contributed by atoms with E-state index in [1.165, 1.54) is 0 Å². The van der Waals surface area contributed by atoms with Gasteiger partial charge >= 0.3 is 0 Å². The highest BCUT2D eigenvalue weighted by Gasteiger charge is 2.10. The number of carbonyl (C=O) groups excluding carboxylic acids is 2. The molecule has 24 heavy (non-hydrogen) atoms. The first kappa shape index (κ1) is 15.9. The van der Waals surface area contributed by atoms with Crippen LogP contribution in [0, 0.1) is 4.64 Å². The van der Waals surface area contributed by atoms with Gasteiger partial charge in [-0.2, -0.15) is 0 Å². The van der Waals surface area contributed by atoms with Crippen molar-refractivity contribution in [2.45, 2.75) is 6.54 Å². The lowest BCUT2D eigenvalue weighted by Crippen LogP contribution is -2.23. The van der Waals surface area contributed by atoms with Crippen molar-refractivity contribution >= 4 is 40.6 Å². The molecule has 1 aromatic carbocycles. The predicted molar refractivity (Wildman–Crippen MR) is 95.6 cm³/mol. The van der Waals surface area contributed by atoms with E-state index >= 15 is 0 Å². The fourth-order valence-electron chi connectivity index (χ4n) is 2.43. The first-order valence-electron chi connectivity index (χ1n) is 7.37. The van der Waals surface area contributed by atoms with Crippen molar-refractivity contribution < 1.29 is 9.59 Å². The van der Waals surface area contributed by atoms with Crippen LogP contribution in [-0.2, 0) is 11.3 Å². The van der Waals surface area contributed by atoms with Gasteiger partial charge in [0, 0.05) is 25.1 Å². The lowest BCUT2D eigenvalue weighted by Gasteiger charge is -2.08. The van der Waals surface area contributed by atoms with Crippen molar-refractivity contribution in [3.63, 3.8) is 0 Å². The van der Waals surface area contributed by atoms with Crippen molar-refractivity contribution in [3.05, 3.63) is 59.0 Å². The van der Waals surface area contributed by atoms with E-state index in [-0.39, 0.29) is 18.4 Å². The number of amides is 2. The number of nitrogens with zero attached hydrogens (tertiary/aromatic N) is 1. The molecule has 122 valence electrons. The average molecular weight is 340 g/mol. The Morgan fingerprint density at radius 2 is 2.08 bits per heavy atom. The van der Waals surface area contributed by atoms with Crippen LogP contribution in [0.4, 0.5) is 5.69 Å². The summed E-state index contributed by atoms with van der Waals surface area (Å²) in [5.74, 6) is -0.363. The SMILES string of the molecule is CNC(=O)Cn1ccc2ccc(NC(=O)c3ccc[nH]c3=S)cc21. The monoisotopic (exact) mass is 340 g/mol. The standard InChI is InChI=1S/C17H16N4O2S/c1-18-15(22)10-21-8-6-11-4-5-12(9-14(11)21)20-16(23)13-3-2-7-19-17(13)24/h2-9H,10H2,1H3,(H,18,22)(H,19,24)(H,20,23). The Morgan fingerprint density at radius 1 is 1.25 bits per heavy atom. The number of aromatic nitrogens is 2. The summed E-state index contributed by atoms with van der Waals surface area (Å²) in [6.45, 7) is 0.224. The summed E-state index contributed by atoms with van der Waals surface area (Å²) in [5, 5.41) is 6.43. The molecule has 0 aliphatic rings. The molecule has 2 aromatic heterocycles. The summed E-state index contributed by atoms with van der Waals surface area (Å²) in [7, 11) is 1.60. The van der Waals surface area contributed by atoms with Gasteiger partial charge < -0.3 is 20.2 Å². The third-order valence-electron chi connectivity index (χ3n) is 3.69. The Hall–Kier alpha value is -2.93. The largest absolute Gasteiger partial charge is 0.358 e. The number of hydrogen-bond acceptors (Lipinski definition) is 3. The van der Waals surface area contributed by atoms with Crippen LogP contribution in [0.5, 0.6) is 0 Å². The fraction of sp³-hybridized carbons (Fsp3) is 0.118. The second kappa shape index (κ2) is 6.67. The van der Waals surface area contributed by atoms with E-state index in [0.717, 1.165) is 10.9 Å². The van der Waals surface area contributed by atoms with E-state index in [0.29, 0.717) is 15.9 Å². The Morgan fingerprint density at radius 3 is 2.83 bits per heavy atom. The third kappa shape index (κ3) is 3.21. The molecular weight excluding hydrogens is 324 g/mol. The number of rotatable bonds is 4. The summed E-state index contributed by atoms with van der Waals surface area (Å²) in [4.78, 5) is 26.8. The van der Waals surface area contributed by atoms with Crippen LogP contribution in [-0.4, -0.2) is 28.4 Å². The van der Waals surface area contributed by atoms with Gasteiger partial charge in [0.1, 0.15) is 11.2 Å². The molecule has 2 heterocycles. The zero-order valence-corrected chi connectivity index (χ0v) is 13.8. The Labute approximate surface area is 143 Å². The molecule has 0 saturated carbocycles. The molecule has 2 amide bonds. The maximum Gasteiger partial charge on any atom is 0.258 e. The van der Waals surface area contributed by atoms with Crippen molar-refractivity contribution in [2.24, 2.45) is 0 Å². The van der Waals surface area contributed by atoms with Gasteiger partial charge in [-0.3, -0.25) is 9.59 Å². The second-order valence-electron chi connectivity index (χ2n) is 5.26. The highest BCUT2D eigenvalue weighted by Crippen LogP contribution is 2.21. The lowest BCUT2D eigenvalue weighted by molar-refractivity contribution is -0.121. The first-order valence-corrected chi connectivity index (χ1v) is 7.78. The van der Waals surface area contributed by atoms with Gasteiger partial charge in [-0.25, -0.2) is 0 Å². The van der Waals surface area contributed by atoms with Gasteiger partial charge in [0.05, 0.1) is 11.1 Å². The van der Waals surface area contributed by atoms with E-state index in [1.54, 1.807) is 25.4 Å². The summed E-state index contributed by atoms with van der Waals surface area (Å²) in [6.07, 6.45) is 3.52. The Bertz CT molecular complexity index is 974. The zero-order valence-electron chi connectivity index (χ0n) is 13.0. The number of anilines is 1. The molecule has 0 atom stereocenters. The van der Waals surface area contributed by atoms with E-state index < -0.39 is 0 Å². The van der Waals surface area contributed by atoms with E-state index in [4.69, 9.17) is 12.2 Å². The Kier molecular flexibility index (Phi) is 4.43. The Balaban J connectivity index is 1.89. The first-order chi connectivity index (χ1) is 11.6. The molecule has 0 bridgehead atoms. The summed E-state index contributed by atoms with van der Waals surface area (Å²) < 4.78 is 2.22. The molecule has 0 aliphatic heterocycles. The average Bonchev–Trinajstić information content (AvgIpc) is 2.97. The van der Waals surface area contributed by atoms with Gasteiger partial charge in [-0.1, -0.05) is 18.3 Å². The molecule has 0 radical (unpaired) electrons. The molecule has 0 aliphatic carbocycles. The number of fused-ring (bicyclic) bond motifs is 1. The predicted octanol–water partition coefficient (Wildman–Crippen LogP) is 2.70. The summed E-state index contributed by atoms with van der Waals surface area (Å²) in [6, 6.07) is 10.9. The number of nitrogens with one attached hydrogen (secondary N) is 3. The molecule has 7 heteroatoms. The fourth-order valence-corrected chi connectivity index (χ4v) is 2.66. The molecule has 0 spiro atoms. The number of hydrogen-bond donors (Lipinski definition) is 3. The number of likely N-dealkylation sites (N-methyl/N-ethyl adjacent to an activating group) is 1. The maximum atomic E-state index is 12.3. The molecular formula is C17H16N4O2S. The van der Waals surface area contributed by atoms with E-state index in [1.807, 2.05) is 35.0 Å². The molecule has 3 rings (SSSR count).